The largest absolute Gasteiger partial charge is 0.403 e. The van der Waals surface area contributed by atoms with Gasteiger partial charge in [0.05, 0.1) is 11.3 Å². The third kappa shape index (κ3) is 4.52. The molecule has 9 heteroatoms. The van der Waals surface area contributed by atoms with Crippen LogP contribution in [0, 0.1) is 30.7 Å². The minimum Gasteiger partial charge on any atom is -0.403 e. The van der Waals surface area contributed by atoms with Crippen LogP contribution in [0.25, 0.3) is 0 Å². The molecule has 1 aliphatic rings. The van der Waals surface area contributed by atoms with Gasteiger partial charge in [-0.05, 0) is 73.2 Å². The summed E-state index contributed by atoms with van der Waals surface area (Å²) >= 11 is 1.86. The van der Waals surface area contributed by atoms with E-state index < -0.39 is 5.97 Å². The van der Waals surface area contributed by atoms with Gasteiger partial charge in [0.2, 0.25) is 11.7 Å². The van der Waals surface area contributed by atoms with Gasteiger partial charge in [-0.1, -0.05) is 13.8 Å². The fraction of sp³-hybridized carbons (Fsp3) is 0.360. The number of pyridine rings is 1. The summed E-state index contributed by atoms with van der Waals surface area (Å²) in [6, 6.07) is 5.11. The van der Waals surface area contributed by atoms with Gasteiger partial charge in [-0.25, -0.2) is 9.48 Å². The minimum atomic E-state index is -0.555. The van der Waals surface area contributed by atoms with E-state index in [9.17, 15) is 9.59 Å². The zero-order chi connectivity index (χ0) is 25.2. The molecule has 3 aromatic rings. The van der Waals surface area contributed by atoms with Crippen LogP contribution in [0.3, 0.4) is 0 Å². The van der Waals surface area contributed by atoms with E-state index in [-0.39, 0.29) is 17.1 Å². The molecule has 178 valence electrons. The second-order valence-corrected chi connectivity index (χ2v) is 10.0. The molecule has 0 atom stereocenters. The van der Waals surface area contributed by atoms with E-state index in [4.69, 9.17) is 14.7 Å². The van der Waals surface area contributed by atoms with Gasteiger partial charge in [0, 0.05) is 39.8 Å². The lowest BCUT2D eigenvalue weighted by atomic mass is 9.76. The molecule has 1 aliphatic heterocycles. The molecule has 3 heterocycles. The Morgan fingerprint density at radius 3 is 2.41 bits per heavy atom. The molecule has 0 N–H and O–H groups in total. The van der Waals surface area contributed by atoms with Crippen LogP contribution in [0.15, 0.2) is 35.5 Å². The maximum Gasteiger partial charge on any atom is 0.344 e. The van der Waals surface area contributed by atoms with Crippen molar-refractivity contribution in [2.75, 3.05) is 5.75 Å². The summed E-state index contributed by atoms with van der Waals surface area (Å²) in [6.45, 7) is 10.3. The molecule has 8 nitrogen and oxygen atoms in total. The summed E-state index contributed by atoms with van der Waals surface area (Å²) in [5, 5.41) is 4.37. The van der Waals surface area contributed by atoms with E-state index in [1.54, 1.807) is 26.1 Å². The van der Waals surface area contributed by atoms with Gasteiger partial charge in [-0.3, -0.25) is 9.78 Å². The normalized spacial score (nSPS) is 13.9. The molecule has 0 aliphatic carbocycles. The summed E-state index contributed by atoms with van der Waals surface area (Å²) in [6.07, 6.45) is 4.11. The molecule has 0 spiro atoms. The number of ketones is 1. The fourth-order valence-electron chi connectivity index (χ4n) is 4.45. The average molecular weight is 482 g/mol. The van der Waals surface area contributed by atoms with Crippen molar-refractivity contribution in [3.8, 4) is 5.88 Å². The van der Waals surface area contributed by atoms with E-state index in [1.807, 2.05) is 24.8 Å². The molecule has 0 saturated heterocycles. The van der Waals surface area contributed by atoms with Crippen molar-refractivity contribution in [2.24, 2.45) is 7.05 Å². The quantitative estimate of drug-likeness (QED) is 0.377. The standard InChI is InChI=1S/C25H27N3O3S.O2/c1-14-13-18(15(2)20-22(14)32-12-9-25(20,4)5)21(29)19-16(3)27-28(6)23(19)31-24(30)17-7-10-26-11-8-17;1-2/h7-8,10-11,13H,9,12H2,1-6H3;. The van der Waals surface area contributed by atoms with Gasteiger partial charge in [-0.15, -0.1) is 11.8 Å². The van der Waals surface area contributed by atoms with E-state index in [0.717, 1.165) is 23.3 Å². The number of nitrogens with zero attached hydrogens (tertiary/aromatic N) is 3. The van der Waals surface area contributed by atoms with Crippen molar-refractivity contribution < 1.29 is 14.3 Å². The van der Waals surface area contributed by atoms with E-state index in [1.165, 1.54) is 27.5 Å². The van der Waals surface area contributed by atoms with Gasteiger partial charge >= 0.3 is 5.97 Å². The van der Waals surface area contributed by atoms with E-state index >= 15 is 0 Å². The van der Waals surface area contributed by atoms with Crippen LogP contribution in [-0.4, -0.2) is 32.3 Å². The zero-order valence-corrected chi connectivity index (χ0v) is 20.9. The van der Waals surface area contributed by atoms with E-state index in [0.29, 0.717) is 22.4 Å². The van der Waals surface area contributed by atoms with Crippen molar-refractivity contribution in [1.82, 2.24) is 14.8 Å². The lowest BCUT2D eigenvalue weighted by Crippen LogP contribution is -2.26. The Kier molecular flexibility index (Phi) is 7.35. The molecule has 0 unspecified atom stereocenters. The second kappa shape index (κ2) is 9.89. The number of carbonyl (C=O) groups excluding carboxylic acids is 2. The fourth-order valence-corrected chi connectivity index (χ4v) is 6.12. The summed E-state index contributed by atoms with van der Waals surface area (Å²) < 4.78 is 7.10. The molecular formula is C25H27N3O5S. The summed E-state index contributed by atoms with van der Waals surface area (Å²) in [5.74, 6) is 0.491. The van der Waals surface area contributed by atoms with Crippen molar-refractivity contribution in [1.29, 1.82) is 0 Å². The Hall–Kier alpha value is -3.33. The van der Waals surface area contributed by atoms with Crippen LogP contribution in [0.4, 0.5) is 0 Å². The Labute approximate surface area is 202 Å². The first-order valence-corrected chi connectivity index (χ1v) is 11.7. The molecule has 0 fully saturated rings. The predicted molar refractivity (Wildman–Crippen MR) is 132 cm³/mol. The number of esters is 1. The number of aromatic nitrogens is 3. The number of ether oxygens (including phenoxy) is 1. The first-order chi connectivity index (χ1) is 16.1. The molecule has 0 amide bonds. The first-order valence-electron chi connectivity index (χ1n) is 10.8. The Morgan fingerprint density at radius 2 is 1.76 bits per heavy atom. The first kappa shape index (κ1) is 25.3. The number of fused-ring (bicyclic) bond motifs is 1. The smallest absolute Gasteiger partial charge is 0.344 e. The highest BCUT2D eigenvalue weighted by atomic mass is 32.2. The predicted octanol–water partition coefficient (Wildman–Crippen LogP) is 5.03. The highest BCUT2D eigenvalue weighted by Crippen LogP contribution is 2.46. The van der Waals surface area contributed by atoms with Crippen LogP contribution in [0.5, 0.6) is 5.88 Å². The summed E-state index contributed by atoms with van der Waals surface area (Å²) in [5.41, 5.74) is 5.16. The minimum absolute atomic E-state index is 0.00760. The van der Waals surface area contributed by atoms with Crippen molar-refractivity contribution in [3.05, 3.63) is 79.6 Å². The number of aryl methyl sites for hydroxylation is 3. The number of hydrogen-bond acceptors (Lipinski definition) is 8. The third-order valence-corrected chi connectivity index (χ3v) is 7.34. The van der Waals surface area contributed by atoms with Gasteiger partial charge < -0.3 is 4.74 Å². The third-order valence-electron chi connectivity index (χ3n) is 6.12. The number of thioether (sulfide) groups is 1. The molecule has 0 saturated carbocycles. The van der Waals surface area contributed by atoms with Gasteiger partial charge in [0.25, 0.3) is 0 Å². The van der Waals surface area contributed by atoms with Crippen molar-refractivity contribution in [2.45, 2.75) is 51.3 Å². The lowest BCUT2D eigenvalue weighted by Gasteiger charge is -2.35. The van der Waals surface area contributed by atoms with Crippen LogP contribution >= 0.6 is 11.8 Å². The number of hydrogen-bond donors (Lipinski definition) is 0. The molecule has 0 radical (unpaired) electrons. The Morgan fingerprint density at radius 1 is 1.12 bits per heavy atom. The summed E-state index contributed by atoms with van der Waals surface area (Å²) in [7, 11) is 1.67. The van der Waals surface area contributed by atoms with E-state index in [2.05, 4.69) is 30.9 Å². The Balaban J connectivity index is 0.00000158. The monoisotopic (exact) mass is 481 g/mol. The Bertz CT molecular complexity index is 1250. The highest BCUT2D eigenvalue weighted by molar-refractivity contribution is 7.99. The van der Waals surface area contributed by atoms with Crippen LogP contribution in [0.1, 0.15) is 68.9 Å². The van der Waals surface area contributed by atoms with Crippen LogP contribution < -0.4 is 4.74 Å². The SMILES string of the molecule is Cc1cc(C(=O)c2c(C)nn(C)c2OC(=O)c2ccncc2)c(C)c2c1SCCC2(C)C.O=O. The number of carbonyl (C=O) groups is 2. The van der Waals surface area contributed by atoms with Gasteiger partial charge in [0.15, 0.2) is 0 Å². The number of benzene rings is 1. The van der Waals surface area contributed by atoms with Gasteiger partial charge in [0.1, 0.15) is 5.56 Å². The highest BCUT2D eigenvalue weighted by Gasteiger charge is 2.34. The van der Waals surface area contributed by atoms with Gasteiger partial charge in [-0.2, -0.15) is 5.10 Å². The molecular weight excluding hydrogens is 454 g/mol. The molecule has 34 heavy (non-hydrogen) atoms. The van der Waals surface area contributed by atoms with Crippen LogP contribution in [-0.2, 0) is 12.5 Å². The molecule has 1 aromatic carbocycles. The number of rotatable bonds is 4. The zero-order valence-electron chi connectivity index (χ0n) is 20.1. The second-order valence-electron chi connectivity index (χ2n) is 8.90. The summed E-state index contributed by atoms with van der Waals surface area (Å²) in [4.78, 5) is 45.7. The maximum absolute atomic E-state index is 13.8. The van der Waals surface area contributed by atoms with Crippen molar-refractivity contribution in [3.63, 3.8) is 0 Å². The lowest BCUT2D eigenvalue weighted by molar-refractivity contribution is 0.0718. The molecule has 2 aromatic heterocycles. The topological polar surface area (TPSA) is 108 Å². The van der Waals surface area contributed by atoms with Crippen LogP contribution in [0.2, 0.25) is 0 Å². The van der Waals surface area contributed by atoms with Crippen molar-refractivity contribution >= 4 is 23.5 Å². The molecule has 0 bridgehead atoms. The molecule has 4 rings (SSSR count). The maximum atomic E-state index is 13.8. The average Bonchev–Trinajstić information content (AvgIpc) is 3.09.